The number of pyridine rings is 3. The van der Waals surface area contributed by atoms with Crippen molar-refractivity contribution in [1.29, 1.82) is 0 Å². The largest absolute Gasteiger partial charge is 0.590 e. The summed E-state index contributed by atoms with van der Waals surface area (Å²) >= 11 is 0.185. The summed E-state index contributed by atoms with van der Waals surface area (Å²) < 4.78 is 55.6. The Morgan fingerprint density at radius 3 is 2.52 bits per heavy atom. The van der Waals surface area contributed by atoms with Crippen LogP contribution in [0.5, 0.6) is 5.88 Å². The Balaban J connectivity index is 1.51. The molecule has 0 saturated heterocycles. The number of cyclic esters (lactones) is 1. The first-order chi connectivity index (χ1) is 19.8. The minimum Gasteiger partial charge on any atom is -0.474 e. The molecule has 12 nitrogen and oxygen atoms in total. The van der Waals surface area contributed by atoms with E-state index in [1.54, 1.807) is 30.6 Å². The molecule has 1 saturated carbocycles. The van der Waals surface area contributed by atoms with Gasteiger partial charge in [-0.25, -0.2) is 28.2 Å². The molecular weight excluding hydrogens is 582 g/mol. The number of nitrogens with one attached hydrogen (secondary N) is 2. The number of hydrogen-bond donors (Lipinski definition) is 2. The van der Waals surface area contributed by atoms with Crippen LogP contribution in [0.3, 0.4) is 0 Å². The lowest BCUT2D eigenvalue weighted by molar-refractivity contribution is -0.0189. The molecular formula is C28H34N5O7S2+. The lowest BCUT2D eigenvalue weighted by Gasteiger charge is -2.36. The molecule has 1 fully saturated rings. The fourth-order valence-electron chi connectivity index (χ4n) is 4.99. The van der Waals surface area contributed by atoms with Crippen LogP contribution in [0, 0.1) is 0 Å². The zero-order valence-electron chi connectivity index (χ0n) is 24.2. The molecule has 0 spiro atoms. The van der Waals surface area contributed by atoms with Crippen molar-refractivity contribution in [1.82, 2.24) is 19.7 Å². The molecule has 42 heavy (non-hydrogen) atoms. The highest BCUT2D eigenvalue weighted by Crippen LogP contribution is 2.39. The van der Waals surface area contributed by atoms with E-state index in [1.807, 2.05) is 34.6 Å². The van der Waals surface area contributed by atoms with Gasteiger partial charge in [0.15, 0.2) is 16.1 Å². The van der Waals surface area contributed by atoms with E-state index >= 15 is 0 Å². The van der Waals surface area contributed by atoms with Crippen molar-refractivity contribution < 1.29 is 31.6 Å². The first-order valence-electron chi connectivity index (χ1n) is 13.6. The van der Waals surface area contributed by atoms with Crippen LogP contribution in [-0.4, -0.2) is 58.7 Å². The molecule has 4 heterocycles. The Hall–Kier alpha value is -3.33. The van der Waals surface area contributed by atoms with Crippen LogP contribution in [0.2, 0.25) is 0 Å². The molecule has 3 aromatic rings. The highest BCUT2D eigenvalue weighted by atomic mass is 32.2. The molecule has 0 radical (unpaired) electrons. The zero-order valence-corrected chi connectivity index (χ0v) is 25.8. The van der Waals surface area contributed by atoms with E-state index in [2.05, 4.69) is 20.0 Å². The fraction of sp³-hybridized carbons (Fsp3) is 0.500. The highest BCUT2D eigenvalue weighted by molar-refractivity contribution is 7.91. The number of carbonyl (C=O) groups excluding carboxylic acids is 1. The predicted octanol–water partition coefficient (Wildman–Crippen LogP) is 4.13. The summed E-state index contributed by atoms with van der Waals surface area (Å²) in [6.45, 7) is 9.40. The summed E-state index contributed by atoms with van der Waals surface area (Å²) in [7, 11) is -3.13. The second kappa shape index (κ2) is 11.4. The number of sulfone groups is 1. The van der Waals surface area contributed by atoms with Crippen LogP contribution in [0.4, 0.5) is 11.6 Å². The summed E-state index contributed by atoms with van der Waals surface area (Å²) in [5.74, 6) is 0.721. The number of rotatable bonds is 10. The summed E-state index contributed by atoms with van der Waals surface area (Å²) in [6, 6.07) is 5.16. The van der Waals surface area contributed by atoms with Gasteiger partial charge in [0, 0.05) is 53.1 Å². The van der Waals surface area contributed by atoms with Gasteiger partial charge in [-0.15, -0.1) is 0 Å². The zero-order chi connectivity index (χ0) is 30.4. The summed E-state index contributed by atoms with van der Waals surface area (Å²) in [5.41, 5.74) is 0.962. The molecule has 0 bridgehead atoms. The summed E-state index contributed by atoms with van der Waals surface area (Å²) in [5, 5.41) is 4.04. The molecule has 1 aliphatic heterocycles. The van der Waals surface area contributed by atoms with E-state index < -0.39 is 32.9 Å². The number of anilines is 2. The fourth-order valence-corrected chi connectivity index (χ4v) is 6.39. The molecule has 224 valence electrons. The third kappa shape index (κ3) is 6.07. The Kier molecular flexibility index (Phi) is 8.18. The number of nitrogens with zero attached hydrogens (tertiary/aromatic N) is 3. The Bertz CT molecular complexity index is 1640. The van der Waals surface area contributed by atoms with Crippen LogP contribution in [-0.2, 0) is 35.4 Å². The minimum atomic E-state index is -3.13. The van der Waals surface area contributed by atoms with E-state index in [4.69, 9.17) is 19.2 Å². The van der Waals surface area contributed by atoms with Crippen LogP contribution in [0.25, 0.3) is 10.8 Å². The van der Waals surface area contributed by atoms with Crippen molar-refractivity contribution in [2.24, 2.45) is 0 Å². The summed E-state index contributed by atoms with van der Waals surface area (Å²) in [6.07, 6.45) is 3.93. The average molecular weight is 617 g/mol. The van der Waals surface area contributed by atoms with Crippen LogP contribution in [0.15, 0.2) is 30.6 Å². The maximum atomic E-state index is 12.5. The standard InChI is InChI=1S/C28H33N5O7S2/c1-14(2)38-26(33-41-35)21-13-30-25(39-16-9-17(10-16)42(6,36)37)20-12-29-23(11-19(20)21)31-22-8-7-18-24(32-22)15(3)28(4,5)40-27(18)34/h7-8,11-17,26H,9-10H2,1-6H3,(H-,29,30,31,32,33,34,35)/p+1/t15-,16?,17?,26+/m1/s1. The Labute approximate surface area is 248 Å². The van der Waals surface area contributed by atoms with Gasteiger partial charge in [-0.3, -0.25) is 0 Å². The smallest absolute Gasteiger partial charge is 0.474 e. The van der Waals surface area contributed by atoms with Crippen LogP contribution in [0.1, 0.15) is 81.2 Å². The predicted molar refractivity (Wildman–Crippen MR) is 157 cm³/mol. The molecule has 2 aliphatic rings. The number of esters is 1. The molecule has 0 aromatic carbocycles. The molecule has 1 aliphatic carbocycles. The van der Waals surface area contributed by atoms with Gasteiger partial charge in [0.1, 0.15) is 23.3 Å². The normalized spacial score (nSPS) is 22.2. The van der Waals surface area contributed by atoms with Crippen molar-refractivity contribution in [2.75, 3.05) is 11.6 Å². The maximum Gasteiger partial charge on any atom is 0.590 e. The number of aromatic nitrogens is 3. The van der Waals surface area contributed by atoms with Gasteiger partial charge in [0.25, 0.3) is 0 Å². The van der Waals surface area contributed by atoms with Gasteiger partial charge in [-0.1, -0.05) is 6.92 Å². The van der Waals surface area contributed by atoms with Gasteiger partial charge < -0.3 is 19.5 Å². The molecule has 0 unspecified atom stereocenters. The first-order valence-corrected chi connectivity index (χ1v) is 16.3. The van der Waals surface area contributed by atoms with Gasteiger partial charge in [-0.05, 0) is 45.9 Å². The number of fused-ring (bicyclic) bond motifs is 2. The quantitative estimate of drug-likeness (QED) is 0.146. The molecule has 2 atom stereocenters. The molecule has 0 amide bonds. The lowest BCUT2D eigenvalue weighted by Crippen LogP contribution is -2.42. The molecule has 14 heteroatoms. The summed E-state index contributed by atoms with van der Waals surface area (Å²) in [4.78, 5) is 26.3. The van der Waals surface area contributed by atoms with E-state index in [9.17, 15) is 17.4 Å². The van der Waals surface area contributed by atoms with Gasteiger partial charge in [0.05, 0.1) is 32.2 Å². The van der Waals surface area contributed by atoms with Crippen molar-refractivity contribution in [3.05, 3.63) is 47.4 Å². The highest BCUT2D eigenvalue weighted by Gasteiger charge is 2.40. The molecule has 3 aromatic heterocycles. The van der Waals surface area contributed by atoms with Gasteiger partial charge >= 0.3 is 17.8 Å². The van der Waals surface area contributed by atoms with E-state index in [0.29, 0.717) is 58.0 Å². The van der Waals surface area contributed by atoms with E-state index in [1.165, 1.54) is 6.26 Å². The van der Waals surface area contributed by atoms with Crippen LogP contribution >= 0.6 is 0 Å². The van der Waals surface area contributed by atoms with E-state index in [0.717, 1.165) is 0 Å². The monoisotopic (exact) mass is 616 g/mol. The number of ether oxygens (including phenoxy) is 3. The topological polar surface area (TPSA) is 159 Å². The van der Waals surface area contributed by atoms with Crippen molar-refractivity contribution >= 4 is 50.1 Å². The molecule has 5 rings (SSSR count). The third-order valence-electron chi connectivity index (χ3n) is 7.76. The number of carbonyl (C=O) groups is 1. The Morgan fingerprint density at radius 2 is 1.86 bits per heavy atom. The second-order valence-electron chi connectivity index (χ2n) is 11.5. The van der Waals surface area contributed by atoms with Crippen molar-refractivity contribution in [3.63, 3.8) is 0 Å². The van der Waals surface area contributed by atoms with Gasteiger partial charge in [0.2, 0.25) is 5.88 Å². The first kappa shape index (κ1) is 30.1. The van der Waals surface area contributed by atoms with Crippen molar-refractivity contribution in [3.8, 4) is 5.88 Å². The third-order valence-corrected chi connectivity index (χ3v) is 9.66. The van der Waals surface area contributed by atoms with E-state index in [-0.39, 0.29) is 30.0 Å². The maximum absolute atomic E-state index is 12.5. The van der Waals surface area contributed by atoms with Crippen LogP contribution < -0.4 is 14.8 Å². The second-order valence-corrected chi connectivity index (χ2v) is 14.3. The SMILES string of the molecule is CC(C)O[C@H](N[S+]=O)c1cnc(OC2CC(S(C)(=O)=O)C2)c2cnc(Nc3ccc4c(n3)[C@@H](C)C(C)(C)OC4=O)cc12. The molecule has 2 N–H and O–H groups in total. The van der Waals surface area contributed by atoms with Gasteiger partial charge in [-0.2, -0.15) is 0 Å². The van der Waals surface area contributed by atoms with Crippen molar-refractivity contribution in [2.45, 2.75) is 82.7 Å². The number of hydrogen-bond acceptors (Lipinski definition) is 11. The lowest BCUT2D eigenvalue weighted by atomic mass is 9.84. The minimum absolute atomic E-state index is 0.132. The average Bonchev–Trinajstić information content (AvgIpc) is 2.87. The Morgan fingerprint density at radius 1 is 1.12 bits per heavy atom.